The summed E-state index contributed by atoms with van der Waals surface area (Å²) in [7, 11) is 0. The Morgan fingerprint density at radius 1 is 1.47 bits per heavy atom. The van der Waals surface area contributed by atoms with E-state index in [4.69, 9.17) is 0 Å². The van der Waals surface area contributed by atoms with Crippen molar-refractivity contribution < 1.29 is 4.79 Å². The molecule has 94 valence electrons. The van der Waals surface area contributed by atoms with Crippen LogP contribution >= 0.6 is 27.7 Å². The Labute approximate surface area is 115 Å². The zero-order chi connectivity index (χ0) is 12.5. The van der Waals surface area contributed by atoms with E-state index in [0.717, 1.165) is 35.3 Å². The van der Waals surface area contributed by atoms with Crippen molar-refractivity contribution in [3.8, 4) is 0 Å². The van der Waals surface area contributed by atoms with Gasteiger partial charge < -0.3 is 5.32 Å². The number of pyridine rings is 1. The van der Waals surface area contributed by atoms with Crippen LogP contribution in [0.2, 0.25) is 0 Å². The molecule has 1 N–H and O–H groups in total. The fourth-order valence-corrected chi connectivity index (χ4v) is 2.32. The van der Waals surface area contributed by atoms with E-state index in [2.05, 4.69) is 26.2 Å². The van der Waals surface area contributed by atoms with E-state index in [0.29, 0.717) is 6.42 Å². The molecule has 0 saturated carbocycles. The minimum absolute atomic E-state index is 0.0721. The van der Waals surface area contributed by atoms with Crippen LogP contribution in [0, 0.1) is 0 Å². The van der Waals surface area contributed by atoms with E-state index in [1.54, 1.807) is 6.20 Å². The lowest BCUT2D eigenvalue weighted by atomic mass is 10.2. The second kappa shape index (κ2) is 8.53. The predicted octanol–water partition coefficient (Wildman–Crippen LogP) is 3.70. The Morgan fingerprint density at radius 3 is 3.00 bits per heavy atom. The van der Waals surface area contributed by atoms with Gasteiger partial charge in [0.1, 0.15) is 5.03 Å². The van der Waals surface area contributed by atoms with Gasteiger partial charge in [0, 0.05) is 17.9 Å². The van der Waals surface area contributed by atoms with Crippen LogP contribution in [-0.2, 0) is 4.79 Å². The first-order valence-electron chi connectivity index (χ1n) is 5.62. The summed E-state index contributed by atoms with van der Waals surface area (Å²) < 4.78 is 0. The molecule has 0 atom stereocenters. The molecule has 1 amide bonds. The number of hydrogen-bond acceptors (Lipinski definition) is 3. The predicted molar refractivity (Wildman–Crippen MR) is 76.9 cm³/mol. The number of anilines is 1. The van der Waals surface area contributed by atoms with Crippen LogP contribution in [0.1, 0.15) is 25.7 Å². The molecular weight excluding hydrogens is 300 g/mol. The molecule has 5 heteroatoms. The van der Waals surface area contributed by atoms with Crippen LogP contribution in [0.5, 0.6) is 0 Å². The minimum atomic E-state index is 0.0721. The van der Waals surface area contributed by atoms with Gasteiger partial charge in [0.05, 0.1) is 5.69 Å². The second-order valence-electron chi connectivity index (χ2n) is 3.61. The number of amides is 1. The molecule has 0 aliphatic heterocycles. The van der Waals surface area contributed by atoms with Gasteiger partial charge in [-0.2, -0.15) is 0 Å². The number of carbonyl (C=O) groups is 1. The quantitative estimate of drug-likeness (QED) is 0.474. The zero-order valence-corrected chi connectivity index (χ0v) is 12.3. The minimum Gasteiger partial charge on any atom is -0.324 e. The van der Waals surface area contributed by atoms with E-state index in [1.165, 1.54) is 11.8 Å². The van der Waals surface area contributed by atoms with E-state index in [-0.39, 0.29) is 5.91 Å². The summed E-state index contributed by atoms with van der Waals surface area (Å²) in [6.07, 6.45) is 7.41. The Hall–Kier alpha value is -0.550. The summed E-state index contributed by atoms with van der Waals surface area (Å²) in [5, 5.41) is 4.77. The molecule has 0 unspecified atom stereocenters. The van der Waals surface area contributed by atoms with Gasteiger partial charge in [-0.3, -0.25) is 4.79 Å². The van der Waals surface area contributed by atoms with Gasteiger partial charge in [0.15, 0.2) is 0 Å². The van der Waals surface area contributed by atoms with Crippen LogP contribution in [0.4, 0.5) is 5.69 Å². The summed E-state index contributed by atoms with van der Waals surface area (Å²) in [5.41, 5.74) is 0.811. The lowest BCUT2D eigenvalue weighted by molar-refractivity contribution is -0.116. The molecule has 17 heavy (non-hydrogen) atoms. The average molecular weight is 317 g/mol. The molecule has 0 radical (unpaired) electrons. The SMILES string of the molecule is CSc1ncccc1NC(=O)CCCCCBr. The Balaban J connectivity index is 2.39. The number of alkyl halides is 1. The Kier molecular flexibility index (Phi) is 7.28. The number of halogens is 1. The number of aromatic nitrogens is 1. The van der Waals surface area contributed by atoms with Gasteiger partial charge in [-0.05, 0) is 31.2 Å². The van der Waals surface area contributed by atoms with Gasteiger partial charge in [-0.15, -0.1) is 11.8 Å². The van der Waals surface area contributed by atoms with Crippen LogP contribution < -0.4 is 5.32 Å². The highest BCUT2D eigenvalue weighted by Crippen LogP contribution is 2.22. The van der Waals surface area contributed by atoms with Crippen molar-refractivity contribution in [2.45, 2.75) is 30.7 Å². The number of carbonyl (C=O) groups excluding carboxylic acids is 1. The molecule has 0 fully saturated rings. The lowest BCUT2D eigenvalue weighted by Crippen LogP contribution is -2.12. The van der Waals surface area contributed by atoms with Crippen LogP contribution in [0.15, 0.2) is 23.4 Å². The number of nitrogens with one attached hydrogen (secondary N) is 1. The van der Waals surface area contributed by atoms with Gasteiger partial charge in [-0.1, -0.05) is 22.4 Å². The Morgan fingerprint density at radius 2 is 2.29 bits per heavy atom. The lowest BCUT2D eigenvalue weighted by Gasteiger charge is -2.07. The normalized spacial score (nSPS) is 10.2. The molecule has 0 aliphatic rings. The Bertz CT molecular complexity index is 360. The first kappa shape index (κ1) is 14.5. The summed E-state index contributed by atoms with van der Waals surface area (Å²) in [5.74, 6) is 0.0721. The van der Waals surface area contributed by atoms with Crippen molar-refractivity contribution in [3.05, 3.63) is 18.3 Å². The van der Waals surface area contributed by atoms with E-state index < -0.39 is 0 Å². The molecule has 0 bridgehead atoms. The molecule has 0 aliphatic carbocycles. The third kappa shape index (κ3) is 5.55. The average Bonchev–Trinajstić information content (AvgIpc) is 2.35. The van der Waals surface area contributed by atoms with E-state index in [1.807, 2.05) is 18.4 Å². The number of thioether (sulfide) groups is 1. The summed E-state index contributed by atoms with van der Waals surface area (Å²) in [4.78, 5) is 15.9. The molecule has 0 saturated heterocycles. The van der Waals surface area contributed by atoms with Gasteiger partial charge >= 0.3 is 0 Å². The summed E-state index contributed by atoms with van der Waals surface area (Å²) in [6.45, 7) is 0. The summed E-state index contributed by atoms with van der Waals surface area (Å²) in [6, 6.07) is 3.72. The van der Waals surface area contributed by atoms with Crippen molar-refractivity contribution >= 4 is 39.3 Å². The molecule has 1 aromatic rings. The number of hydrogen-bond donors (Lipinski definition) is 1. The third-order valence-electron chi connectivity index (χ3n) is 2.28. The van der Waals surface area contributed by atoms with Crippen molar-refractivity contribution in [2.75, 3.05) is 16.9 Å². The van der Waals surface area contributed by atoms with Gasteiger partial charge in [0.25, 0.3) is 0 Å². The van der Waals surface area contributed by atoms with Gasteiger partial charge in [0.2, 0.25) is 5.91 Å². The molecular formula is C12H17BrN2OS. The maximum absolute atomic E-state index is 11.7. The first-order chi connectivity index (χ1) is 8.27. The number of rotatable bonds is 7. The molecule has 0 aromatic carbocycles. The highest BCUT2D eigenvalue weighted by Gasteiger charge is 2.06. The van der Waals surface area contributed by atoms with Crippen molar-refractivity contribution in [1.29, 1.82) is 0 Å². The fourth-order valence-electron chi connectivity index (χ4n) is 1.42. The molecule has 1 rings (SSSR count). The molecule has 1 aromatic heterocycles. The molecule has 1 heterocycles. The highest BCUT2D eigenvalue weighted by atomic mass is 79.9. The smallest absolute Gasteiger partial charge is 0.224 e. The highest BCUT2D eigenvalue weighted by molar-refractivity contribution is 9.09. The van der Waals surface area contributed by atoms with Crippen LogP contribution in [0.3, 0.4) is 0 Å². The van der Waals surface area contributed by atoms with E-state index >= 15 is 0 Å². The largest absolute Gasteiger partial charge is 0.324 e. The standard InChI is InChI=1S/C12H17BrN2OS/c1-17-12-10(6-5-9-14-12)15-11(16)7-3-2-4-8-13/h5-6,9H,2-4,7-8H2,1H3,(H,15,16). The second-order valence-corrected chi connectivity index (χ2v) is 5.20. The maximum Gasteiger partial charge on any atom is 0.224 e. The molecule has 3 nitrogen and oxygen atoms in total. The first-order valence-corrected chi connectivity index (χ1v) is 7.97. The van der Waals surface area contributed by atoms with Crippen molar-refractivity contribution in [2.24, 2.45) is 0 Å². The monoisotopic (exact) mass is 316 g/mol. The van der Waals surface area contributed by atoms with Crippen LogP contribution in [0.25, 0.3) is 0 Å². The topological polar surface area (TPSA) is 42.0 Å². The molecule has 0 spiro atoms. The number of nitrogens with zero attached hydrogens (tertiary/aromatic N) is 1. The van der Waals surface area contributed by atoms with Crippen LogP contribution in [-0.4, -0.2) is 22.5 Å². The van der Waals surface area contributed by atoms with Crippen molar-refractivity contribution in [1.82, 2.24) is 4.98 Å². The fraction of sp³-hybridized carbons (Fsp3) is 0.500. The van der Waals surface area contributed by atoms with Gasteiger partial charge in [-0.25, -0.2) is 4.98 Å². The zero-order valence-electron chi connectivity index (χ0n) is 9.91. The number of unbranched alkanes of at least 4 members (excludes halogenated alkanes) is 2. The maximum atomic E-state index is 11.7. The van der Waals surface area contributed by atoms with E-state index in [9.17, 15) is 4.79 Å². The summed E-state index contributed by atoms with van der Waals surface area (Å²) >= 11 is 4.92. The third-order valence-corrected chi connectivity index (χ3v) is 3.55. The van der Waals surface area contributed by atoms with Crippen molar-refractivity contribution in [3.63, 3.8) is 0 Å².